The van der Waals surface area contributed by atoms with Gasteiger partial charge in [-0.15, -0.1) is 0 Å². The predicted octanol–water partition coefficient (Wildman–Crippen LogP) is 1.55. The van der Waals surface area contributed by atoms with E-state index in [4.69, 9.17) is 23.2 Å². The van der Waals surface area contributed by atoms with E-state index < -0.39 is 5.60 Å². The summed E-state index contributed by atoms with van der Waals surface area (Å²) in [6, 6.07) is 1.50. The first-order valence-electron chi connectivity index (χ1n) is 6.61. The average molecular weight is 342 g/mol. The van der Waals surface area contributed by atoms with Crippen LogP contribution in [0.1, 0.15) is 28.2 Å². The van der Waals surface area contributed by atoms with Gasteiger partial charge in [0.2, 0.25) is 0 Å². The van der Waals surface area contributed by atoms with Crippen molar-refractivity contribution in [3.8, 4) is 0 Å². The van der Waals surface area contributed by atoms with Gasteiger partial charge in [-0.2, -0.15) is 15.4 Å². The highest BCUT2D eigenvalue weighted by molar-refractivity contribution is 6.41. The highest BCUT2D eigenvalue weighted by atomic mass is 35.5. The van der Waals surface area contributed by atoms with Gasteiger partial charge in [0, 0.05) is 13.0 Å². The number of rotatable bonds is 2. The molecule has 2 aromatic heterocycles. The summed E-state index contributed by atoms with van der Waals surface area (Å²) >= 11 is 11.8. The molecule has 3 rings (SSSR count). The summed E-state index contributed by atoms with van der Waals surface area (Å²) in [5.41, 5.74) is 0.0992. The lowest BCUT2D eigenvalue weighted by Gasteiger charge is -2.21. The summed E-state index contributed by atoms with van der Waals surface area (Å²) in [5, 5.41) is 21.1. The number of hydrogen-bond acceptors (Lipinski definition) is 5. The Labute approximate surface area is 136 Å². The van der Waals surface area contributed by atoms with Crippen molar-refractivity contribution in [2.75, 3.05) is 13.1 Å². The minimum absolute atomic E-state index is 0.137. The second kappa shape index (κ2) is 5.49. The molecule has 0 bridgehead atoms. The van der Waals surface area contributed by atoms with Crippen molar-refractivity contribution in [2.24, 2.45) is 0 Å². The number of carbonyl (C=O) groups is 1. The molecule has 7 nitrogen and oxygen atoms in total. The van der Waals surface area contributed by atoms with Gasteiger partial charge in [-0.3, -0.25) is 4.79 Å². The number of pyridine rings is 1. The lowest BCUT2D eigenvalue weighted by Crippen LogP contribution is -2.35. The molecule has 0 unspecified atom stereocenters. The van der Waals surface area contributed by atoms with Crippen LogP contribution in [0, 0.1) is 6.92 Å². The molecule has 1 aliphatic rings. The fourth-order valence-corrected chi connectivity index (χ4v) is 2.87. The van der Waals surface area contributed by atoms with Crippen LogP contribution in [0.4, 0.5) is 0 Å². The molecule has 3 heterocycles. The summed E-state index contributed by atoms with van der Waals surface area (Å²) in [6.07, 6.45) is 1.85. The number of likely N-dealkylation sites (tertiary alicyclic amines) is 1. The SMILES string of the molecule is Cc1nc(Cl)c(Cl)cc1C(=O)N1CC[C@@](O)(c2cn[nH]n2)C1. The number of nitrogens with zero attached hydrogens (tertiary/aromatic N) is 4. The van der Waals surface area contributed by atoms with Crippen molar-refractivity contribution < 1.29 is 9.90 Å². The molecule has 1 aliphatic heterocycles. The van der Waals surface area contributed by atoms with E-state index in [2.05, 4.69) is 20.4 Å². The lowest BCUT2D eigenvalue weighted by atomic mass is 10.00. The molecule has 0 aliphatic carbocycles. The number of nitrogens with one attached hydrogen (secondary N) is 1. The Bertz CT molecular complexity index is 721. The van der Waals surface area contributed by atoms with Crippen LogP contribution in [0.2, 0.25) is 10.2 Å². The average Bonchev–Trinajstić information content (AvgIpc) is 3.12. The number of halogens is 2. The van der Waals surface area contributed by atoms with Crippen LogP contribution in [0.15, 0.2) is 12.3 Å². The first-order valence-corrected chi connectivity index (χ1v) is 7.37. The minimum Gasteiger partial charge on any atom is -0.381 e. The van der Waals surface area contributed by atoms with Crippen LogP contribution in [-0.2, 0) is 5.60 Å². The largest absolute Gasteiger partial charge is 0.381 e. The minimum atomic E-state index is -1.19. The van der Waals surface area contributed by atoms with E-state index in [-0.39, 0.29) is 22.6 Å². The van der Waals surface area contributed by atoms with Gasteiger partial charge >= 0.3 is 0 Å². The Morgan fingerprint density at radius 2 is 2.27 bits per heavy atom. The fraction of sp³-hybridized carbons (Fsp3) is 0.385. The molecule has 2 aromatic rings. The standard InChI is InChI=1S/C13H13Cl2N5O2/c1-7-8(4-9(14)11(15)17-7)12(21)20-3-2-13(22,6-20)10-5-16-19-18-10/h4-5,22H,2-3,6H2,1H3,(H,16,18,19)/t13-/m0/s1. The van der Waals surface area contributed by atoms with Crippen molar-refractivity contribution in [1.29, 1.82) is 0 Å². The van der Waals surface area contributed by atoms with Crippen LogP contribution in [0.25, 0.3) is 0 Å². The Hall–Kier alpha value is -1.70. The van der Waals surface area contributed by atoms with E-state index in [0.29, 0.717) is 29.9 Å². The molecule has 9 heteroatoms. The molecule has 1 atom stereocenters. The van der Waals surface area contributed by atoms with Gasteiger partial charge in [0.15, 0.2) is 0 Å². The molecule has 0 spiro atoms. The number of aryl methyl sites for hydroxylation is 1. The molecule has 22 heavy (non-hydrogen) atoms. The Kier molecular flexibility index (Phi) is 3.80. The number of aliphatic hydroxyl groups is 1. The molecule has 0 saturated carbocycles. The van der Waals surface area contributed by atoms with Crippen molar-refractivity contribution in [1.82, 2.24) is 25.3 Å². The number of amides is 1. The zero-order valence-corrected chi connectivity index (χ0v) is 13.2. The molecule has 1 saturated heterocycles. The van der Waals surface area contributed by atoms with Gasteiger partial charge in [-0.05, 0) is 13.0 Å². The van der Waals surface area contributed by atoms with Gasteiger partial charge in [0.1, 0.15) is 16.4 Å². The second-order valence-electron chi connectivity index (χ2n) is 5.26. The van der Waals surface area contributed by atoms with Crippen LogP contribution in [-0.4, -0.2) is 49.4 Å². The molecule has 0 radical (unpaired) electrons. The second-order valence-corrected chi connectivity index (χ2v) is 6.02. The number of β-amino-alcohol motifs (C(OH)–C–C–N with tert-alkyl or cyclic N) is 1. The van der Waals surface area contributed by atoms with Crippen molar-refractivity contribution in [3.05, 3.63) is 39.4 Å². The summed E-state index contributed by atoms with van der Waals surface area (Å²) in [5.74, 6) is -0.247. The number of H-pyrrole nitrogens is 1. The zero-order chi connectivity index (χ0) is 15.9. The van der Waals surface area contributed by atoms with E-state index in [1.807, 2.05) is 0 Å². The predicted molar refractivity (Wildman–Crippen MR) is 79.8 cm³/mol. The third kappa shape index (κ3) is 2.55. The normalized spacial score (nSPS) is 21.4. The van der Waals surface area contributed by atoms with Crippen LogP contribution >= 0.6 is 23.2 Å². The summed E-state index contributed by atoms with van der Waals surface area (Å²) < 4.78 is 0. The van der Waals surface area contributed by atoms with E-state index >= 15 is 0 Å². The highest BCUT2D eigenvalue weighted by Crippen LogP contribution is 2.32. The first-order chi connectivity index (χ1) is 10.4. The van der Waals surface area contributed by atoms with E-state index in [9.17, 15) is 9.90 Å². The molecule has 1 amide bonds. The quantitative estimate of drug-likeness (QED) is 0.808. The van der Waals surface area contributed by atoms with Gasteiger partial charge in [-0.25, -0.2) is 4.98 Å². The third-order valence-corrected chi connectivity index (χ3v) is 4.45. The Morgan fingerprint density at radius 1 is 1.50 bits per heavy atom. The summed E-state index contributed by atoms with van der Waals surface area (Å²) in [4.78, 5) is 18.2. The molecular weight excluding hydrogens is 329 g/mol. The number of aromatic nitrogens is 4. The highest BCUT2D eigenvalue weighted by Gasteiger charge is 2.42. The maximum Gasteiger partial charge on any atom is 0.255 e. The van der Waals surface area contributed by atoms with Gasteiger partial charge in [0.25, 0.3) is 5.91 Å². The van der Waals surface area contributed by atoms with Crippen LogP contribution in [0.5, 0.6) is 0 Å². The summed E-state index contributed by atoms with van der Waals surface area (Å²) in [6.45, 7) is 2.23. The third-order valence-electron chi connectivity index (χ3n) is 3.78. The van der Waals surface area contributed by atoms with Crippen LogP contribution < -0.4 is 0 Å². The van der Waals surface area contributed by atoms with Crippen molar-refractivity contribution >= 4 is 29.1 Å². The maximum atomic E-state index is 12.6. The van der Waals surface area contributed by atoms with Gasteiger partial charge in [0.05, 0.1) is 29.0 Å². The molecule has 0 aromatic carbocycles. The maximum absolute atomic E-state index is 12.6. The Morgan fingerprint density at radius 3 is 2.95 bits per heavy atom. The van der Waals surface area contributed by atoms with E-state index in [1.165, 1.54) is 12.3 Å². The van der Waals surface area contributed by atoms with Gasteiger partial charge in [-0.1, -0.05) is 23.2 Å². The van der Waals surface area contributed by atoms with E-state index in [1.54, 1.807) is 11.8 Å². The van der Waals surface area contributed by atoms with Gasteiger partial charge < -0.3 is 10.0 Å². The first kappa shape index (κ1) is 15.2. The van der Waals surface area contributed by atoms with Crippen molar-refractivity contribution in [2.45, 2.75) is 18.9 Å². The smallest absolute Gasteiger partial charge is 0.255 e. The van der Waals surface area contributed by atoms with Crippen molar-refractivity contribution in [3.63, 3.8) is 0 Å². The number of carbonyl (C=O) groups excluding carboxylic acids is 1. The lowest BCUT2D eigenvalue weighted by molar-refractivity contribution is 0.0381. The Balaban J connectivity index is 1.84. The monoisotopic (exact) mass is 341 g/mol. The fourth-order valence-electron chi connectivity index (χ4n) is 2.54. The van der Waals surface area contributed by atoms with E-state index in [0.717, 1.165) is 0 Å². The summed E-state index contributed by atoms with van der Waals surface area (Å²) in [7, 11) is 0. The molecular formula is C13H13Cl2N5O2. The van der Waals surface area contributed by atoms with Crippen LogP contribution in [0.3, 0.4) is 0 Å². The zero-order valence-electron chi connectivity index (χ0n) is 11.7. The number of aromatic amines is 1. The molecule has 2 N–H and O–H groups in total. The molecule has 1 fully saturated rings. The number of hydrogen-bond donors (Lipinski definition) is 2. The topological polar surface area (TPSA) is 95.0 Å². The molecule has 116 valence electrons.